The second kappa shape index (κ2) is 17.2. The van der Waals surface area contributed by atoms with Gasteiger partial charge in [0, 0.05) is 84.3 Å². The molecular weight excluding hydrogens is 348 g/mol. The van der Waals surface area contributed by atoms with Crippen molar-refractivity contribution in [1.29, 1.82) is 0 Å². The van der Waals surface area contributed by atoms with Gasteiger partial charge in [-0.2, -0.15) is 0 Å². The van der Waals surface area contributed by atoms with E-state index in [1.54, 1.807) is 0 Å². The van der Waals surface area contributed by atoms with Crippen LogP contribution in [0, 0.1) is 0 Å². The van der Waals surface area contributed by atoms with Gasteiger partial charge in [0.15, 0.2) is 0 Å². The normalized spacial score (nSPS) is 0. The first kappa shape index (κ1) is 29.7. The van der Waals surface area contributed by atoms with Gasteiger partial charge < -0.3 is 0 Å². The van der Waals surface area contributed by atoms with Crippen molar-refractivity contribution < 1.29 is 84.3 Å². The van der Waals surface area contributed by atoms with Gasteiger partial charge in [-0.05, 0) is 0 Å². The molecule has 0 aliphatic heterocycles. The largest absolute Gasteiger partial charge is 0 e. The first-order valence-corrected chi connectivity index (χ1v) is 0. The van der Waals surface area contributed by atoms with Crippen molar-refractivity contribution in [3.8, 4) is 0 Å². The summed E-state index contributed by atoms with van der Waals surface area (Å²) in [6, 6.07) is 0. The van der Waals surface area contributed by atoms with Crippen LogP contribution in [0.1, 0.15) is 0 Å². The van der Waals surface area contributed by atoms with E-state index in [0.717, 1.165) is 0 Å². The van der Waals surface area contributed by atoms with Crippen LogP contribution in [0.2, 0.25) is 0 Å². The second-order valence-corrected chi connectivity index (χ2v) is 0. The minimum absolute atomic E-state index is 0. The molecule has 0 aromatic heterocycles. The zero-order valence-corrected chi connectivity index (χ0v) is 11.5. The Morgan fingerprint density at radius 2 is 1.00 bits per heavy atom. The average Bonchev–Trinajstić information content (AvgIpc) is 0. The molecule has 0 aromatic rings. The standard InChI is InChI=1S/Cd.Cu.Pd.Zn. The molecule has 0 spiro atoms. The molecule has 1 radical (unpaired) electrons. The van der Waals surface area contributed by atoms with Gasteiger partial charge >= 0.3 is 0 Å². The third-order valence-corrected chi connectivity index (χ3v) is 0. The molecule has 0 aliphatic carbocycles. The Balaban J connectivity index is 0. The smallest absolute Gasteiger partial charge is 0 e. The van der Waals surface area contributed by atoms with Crippen molar-refractivity contribution >= 4 is 0 Å². The first-order valence-electron chi connectivity index (χ1n) is 0. The fourth-order valence-corrected chi connectivity index (χ4v) is 0. The zero-order valence-electron chi connectivity index (χ0n) is 2.03. The van der Waals surface area contributed by atoms with E-state index >= 15 is 0 Å². The van der Waals surface area contributed by atoms with Crippen LogP contribution in [-0.2, 0) is 84.3 Å². The molecule has 0 N–H and O–H groups in total. The summed E-state index contributed by atoms with van der Waals surface area (Å²) >= 11 is 0. The minimum Gasteiger partial charge on any atom is 0 e. The quantitative estimate of drug-likeness (QED) is 0.541. The topological polar surface area (TPSA) is 0 Å². The Kier molecular flexibility index (Phi) is 128. The summed E-state index contributed by atoms with van der Waals surface area (Å²) < 4.78 is 0. The van der Waals surface area contributed by atoms with Crippen LogP contribution < -0.4 is 0 Å². The Labute approximate surface area is 82.9 Å². The molecular formula is CdCuPdZn. The summed E-state index contributed by atoms with van der Waals surface area (Å²) in [5.74, 6) is 0. The molecule has 0 saturated carbocycles. The molecule has 0 bridgehead atoms. The predicted octanol–water partition coefficient (Wildman–Crippen LogP) is -0.0100. The van der Waals surface area contributed by atoms with E-state index in [4.69, 9.17) is 0 Å². The molecule has 0 fully saturated rings. The summed E-state index contributed by atoms with van der Waals surface area (Å²) in [5.41, 5.74) is 0. The molecule has 0 aromatic carbocycles. The van der Waals surface area contributed by atoms with Crippen molar-refractivity contribution in [3.63, 3.8) is 0 Å². The van der Waals surface area contributed by atoms with Gasteiger partial charge in [-0.25, -0.2) is 0 Å². The fourth-order valence-electron chi connectivity index (χ4n) is 0. The van der Waals surface area contributed by atoms with Crippen molar-refractivity contribution in [2.75, 3.05) is 0 Å². The molecule has 0 aliphatic rings. The first-order chi connectivity index (χ1) is 0. The van der Waals surface area contributed by atoms with Crippen LogP contribution in [0.5, 0.6) is 0 Å². The van der Waals surface area contributed by atoms with E-state index < -0.39 is 0 Å². The van der Waals surface area contributed by atoms with Crippen LogP contribution >= 0.6 is 0 Å². The maximum absolute atomic E-state index is 0. The molecule has 0 unspecified atom stereocenters. The summed E-state index contributed by atoms with van der Waals surface area (Å²) in [5, 5.41) is 0. The van der Waals surface area contributed by atoms with Crippen molar-refractivity contribution in [2.24, 2.45) is 0 Å². The van der Waals surface area contributed by atoms with Gasteiger partial charge in [0.05, 0.1) is 0 Å². The van der Waals surface area contributed by atoms with E-state index in [1.165, 1.54) is 0 Å². The molecule has 0 heterocycles. The molecule has 4 heteroatoms. The SMILES string of the molecule is [Cd].[Cu].[Pd].[Zn]. The number of hydrogen-bond donors (Lipinski definition) is 0. The maximum atomic E-state index is 0. The van der Waals surface area contributed by atoms with Crippen LogP contribution in [-0.4, -0.2) is 0 Å². The fraction of sp³-hybridized carbons (Fsp3) is 0. The average molecular weight is 348 g/mol. The molecule has 0 nitrogen and oxygen atoms in total. The van der Waals surface area contributed by atoms with Gasteiger partial charge in [-0.3, -0.25) is 0 Å². The van der Waals surface area contributed by atoms with Gasteiger partial charge in [-0.1, -0.05) is 0 Å². The van der Waals surface area contributed by atoms with E-state index in [-0.39, 0.29) is 84.3 Å². The van der Waals surface area contributed by atoms with Crippen LogP contribution in [0.4, 0.5) is 0 Å². The molecule has 25 valence electrons. The third kappa shape index (κ3) is 8.83. The molecule has 0 amide bonds. The zero-order chi connectivity index (χ0) is 0. The van der Waals surface area contributed by atoms with Crippen molar-refractivity contribution in [2.45, 2.75) is 0 Å². The molecule has 0 atom stereocenters. The predicted molar refractivity (Wildman–Crippen MR) is 0 cm³/mol. The Hall–Kier alpha value is 2.73. The van der Waals surface area contributed by atoms with Gasteiger partial charge in [-0.15, -0.1) is 0 Å². The minimum atomic E-state index is 0. The van der Waals surface area contributed by atoms with Gasteiger partial charge in [0.1, 0.15) is 0 Å². The summed E-state index contributed by atoms with van der Waals surface area (Å²) in [4.78, 5) is 0. The summed E-state index contributed by atoms with van der Waals surface area (Å²) in [7, 11) is 0. The van der Waals surface area contributed by atoms with Crippen molar-refractivity contribution in [1.82, 2.24) is 0 Å². The third-order valence-electron chi connectivity index (χ3n) is 0. The summed E-state index contributed by atoms with van der Waals surface area (Å²) in [6.45, 7) is 0. The van der Waals surface area contributed by atoms with Gasteiger partial charge in [0.2, 0.25) is 0 Å². The van der Waals surface area contributed by atoms with E-state index in [0.29, 0.717) is 0 Å². The van der Waals surface area contributed by atoms with E-state index in [9.17, 15) is 0 Å². The van der Waals surface area contributed by atoms with E-state index in [1.807, 2.05) is 0 Å². The molecule has 0 rings (SSSR count). The Bertz CT molecular complexity index is 8.00. The molecule has 0 saturated heterocycles. The Morgan fingerprint density at radius 3 is 1.00 bits per heavy atom. The van der Waals surface area contributed by atoms with Crippen molar-refractivity contribution in [3.05, 3.63) is 0 Å². The summed E-state index contributed by atoms with van der Waals surface area (Å²) in [6.07, 6.45) is 0. The van der Waals surface area contributed by atoms with Crippen LogP contribution in [0.25, 0.3) is 0 Å². The maximum Gasteiger partial charge on any atom is 0 e. The van der Waals surface area contributed by atoms with Crippen LogP contribution in [0.3, 0.4) is 0 Å². The Morgan fingerprint density at radius 1 is 1.00 bits per heavy atom. The monoisotopic (exact) mass is 347 g/mol. The van der Waals surface area contributed by atoms with E-state index in [2.05, 4.69) is 0 Å². The molecule has 4 heavy (non-hydrogen) atoms. The second-order valence-electron chi connectivity index (χ2n) is 0. The van der Waals surface area contributed by atoms with Gasteiger partial charge in [0.25, 0.3) is 0 Å². The van der Waals surface area contributed by atoms with Crippen LogP contribution in [0.15, 0.2) is 0 Å². The number of hydrogen-bond acceptors (Lipinski definition) is 0. The number of rotatable bonds is 0.